The minimum Gasteiger partial charge on any atom is -0.505 e. The number of ether oxygens (including phenoxy) is 1. The predicted octanol–water partition coefficient (Wildman–Crippen LogP) is 5.08. The topological polar surface area (TPSA) is 75.3 Å². The Morgan fingerprint density at radius 1 is 1.19 bits per heavy atom. The third kappa shape index (κ3) is 5.85. The van der Waals surface area contributed by atoms with E-state index >= 15 is 0 Å². The second-order valence-electron chi connectivity index (χ2n) is 9.47. The van der Waals surface area contributed by atoms with Crippen LogP contribution in [0.15, 0.2) is 42.7 Å². The highest BCUT2D eigenvalue weighted by Gasteiger charge is 2.28. The number of fused-ring (bicyclic) bond motifs is 1. The number of nitrogens with zero attached hydrogens (tertiary/aromatic N) is 6. The van der Waals surface area contributed by atoms with Crippen LogP contribution in [0.4, 0.5) is 16.2 Å². The fourth-order valence-corrected chi connectivity index (χ4v) is 4.49. The van der Waals surface area contributed by atoms with Crippen molar-refractivity contribution in [2.45, 2.75) is 45.7 Å². The van der Waals surface area contributed by atoms with Crippen molar-refractivity contribution >= 4 is 34.3 Å². The number of amides is 3. The first kappa shape index (κ1) is 26.0. The van der Waals surface area contributed by atoms with Crippen molar-refractivity contribution in [2.75, 3.05) is 38.7 Å². The number of pyridine rings is 1. The molecule has 1 aliphatic heterocycles. The van der Waals surface area contributed by atoms with Gasteiger partial charge in [0.15, 0.2) is 0 Å². The number of aromatic nitrogens is 2. The van der Waals surface area contributed by atoms with Gasteiger partial charge in [0.05, 0.1) is 13.2 Å². The average molecular weight is 503 g/mol. The van der Waals surface area contributed by atoms with Gasteiger partial charge in [0.25, 0.3) is 0 Å². The number of carbonyl (C=O) groups is 2. The molecular weight excluding hydrogens is 468 g/mol. The maximum Gasteiger partial charge on any atom is 0.324 e. The molecular formula is C28H34N6O3. The van der Waals surface area contributed by atoms with Crippen molar-refractivity contribution in [1.82, 2.24) is 19.4 Å². The molecule has 0 radical (unpaired) electrons. The molecule has 3 amide bonds. The van der Waals surface area contributed by atoms with Crippen molar-refractivity contribution in [1.29, 1.82) is 0 Å². The first-order valence-electron chi connectivity index (χ1n) is 12.8. The number of hydrogen-bond acceptors (Lipinski definition) is 4. The van der Waals surface area contributed by atoms with E-state index in [9.17, 15) is 9.59 Å². The Balaban J connectivity index is 1.52. The predicted molar refractivity (Wildman–Crippen MR) is 144 cm³/mol. The molecule has 1 aliphatic rings. The van der Waals surface area contributed by atoms with Crippen LogP contribution in [0.1, 0.15) is 38.2 Å². The van der Waals surface area contributed by atoms with Crippen LogP contribution < -0.4 is 9.64 Å². The normalized spacial score (nSPS) is 13.6. The van der Waals surface area contributed by atoms with Crippen LogP contribution in [0.25, 0.3) is 15.9 Å². The zero-order chi connectivity index (χ0) is 26.4. The minimum absolute atomic E-state index is 0.00972. The Bertz CT molecular complexity index is 1310. The van der Waals surface area contributed by atoms with Gasteiger partial charge >= 0.3 is 6.03 Å². The molecule has 3 aromatic rings. The molecule has 0 N–H and O–H groups in total. The van der Waals surface area contributed by atoms with Crippen LogP contribution >= 0.6 is 0 Å². The summed E-state index contributed by atoms with van der Waals surface area (Å²) in [5.74, 6) is 0.516. The fraction of sp³-hybridized carbons (Fsp3) is 0.429. The van der Waals surface area contributed by atoms with E-state index in [0.29, 0.717) is 37.7 Å². The first-order valence-corrected chi connectivity index (χ1v) is 12.8. The highest BCUT2D eigenvalue weighted by molar-refractivity contribution is 5.94. The summed E-state index contributed by atoms with van der Waals surface area (Å²) < 4.78 is 7.75. The van der Waals surface area contributed by atoms with Crippen molar-refractivity contribution in [3.05, 3.63) is 59.7 Å². The van der Waals surface area contributed by atoms with Gasteiger partial charge in [-0.05, 0) is 42.7 Å². The molecule has 37 heavy (non-hydrogen) atoms. The van der Waals surface area contributed by atoms with E-state index in [-0.39, 0.29) is 18.5 Å². The molecule has 0 atom stereocenters. The van der Waals surface area contributed by atoms with Crippen LogP contribution in [0.5, 0.6) is 5.75 Å². The van der Waals surface area contributed by atoms with Crippen LogP contribution in [0.3, 0.4) is 0 Å². The van der Waals surface area contributed by atoms with Crippen molar-refractivity contribution in [3.63, 3.8) is 0 Å². The van der Waals surface area contributed by atoms with Crippen LogP contribution in [0.2, 0.25) is 0 Å². The number of rotatable bonds is 10. The van der Waals surface area contributed by atoms with Crippen molar-refractivity contribution < 1.29 is 14.3 Å². The second-order valence-corrected chi connectivity index (χ2v) is 9.47. The van der Waals surface area contributed by atoms with Gasteiger partial charge in [-0.3, -0.25) is 9.69 Å². The monoisotopic (exact) mass is 502 g/mol. The van der Waals surface area contributed by atoms with Gasteiger partial charge in [-0.25, -0.2) is 14.6 Å². The number of urea groups is 1. The molecule has 0 saturated carbocycles. The molecule has 0 aliphatic carbocycles. The van der Waals surface area contributed by atoms with Gasteiger partial charge in [-0.1, -0.05) is 25.8 Å². The van der Waals surface area contributed by atoms with Crippen molar-refractivity contribution in [2.24, 2.45) is 0 Å². The molecule has 3 heterocycles. The molecule has 0 unspecified atom stereocenters. The molecule has 0 bridgehead atoms. The maximum atomic E-state index is 13.5. The van der Waals surface area contributed by atoms with E-state index in [2.05, 4.69) is 16.8 Å². The van der Waals surface area contributed by atoms with E-state index < -0.39 is 0 Å². The standard InChI is InChI=1S/C28H34N6O3/c1-5-6-7-17-37-25-18-22(9-10-24(25)29-2)34-15-8-14-33(28(34)36)19-21-11-13-30-27-23(21)12-16-32(27)20-26(35)31(3)4/h9-13,16,18H,5-8,14-15,17,19-20H2,1,3-4H3. The molecule has 1 fully saturated rings. The Labute approximate surface area is 218 Å². The molecule has 0 spiro atoms. The summed E-state index contributed by atoms with van der Waals surface area (Å²) in [4.78, 5) is 39.0. The SMILES string of the molecule is [C-]#[N+]c1ccc(N2CCCN(Cc3ccnc4c3ccn4CC(=O)N(C)C)C2=O)cc1OCCCCC. The third-order valence-electron chi connectivity index (χ3n) is 6.61. The number of hydrogen-bond donors (Lipinski definition) is 0. The highest BCUT2D eigenvalue weighted by Crippen LogP contribution is 2.34. The molecule has 9 nitrogen and oxygen atoms in total. The van der Waals surface area contributed by atoms with E-state index in [0.717, 1.165) is 48.0 Å². The van der Waals surface area contributed by atoms with E-state index in [4.69, 9.17) is 11.3 Å². The Kier molecular flexibility index (Phi) is 8.29. The van der Waals surface area contributed by atoms with Gasteiger partial charge in [0.1, 0.15) is 17.9 Å². The molecule has 4 rings (SSSR count). The van der Waals surface area contributed by atoms with Crippen molar-refractivity contribution in [3.8, 4) is 5.75 Å². The largest absolute Gasteiger partial charge is 0.505 e. The molecule has 1 aromatic carbocycles. The van der Waals surface area contributed by atoms with Gasteiger partial charge in [-0.15, -0.1) is 0 Å². The van der Waals surface area contributed by atoms with Gasteiger partial charge < -0.3 is 19.1 Å². The number of likely N-dealkylation sites (N-methyl/N-ethyl adjacent to an activating group) is 1. The summed E-state index contributed by atoms with van der Waals surface area (Å²) in [5.41, 5.74) is 2.91. The number of unbranched alkanes of at least 4 members (excludes halogenated alkanes) is 2. The van der Waals surface area contributed by atoms with Gasteiger partial charge in [0.2, 0.25) is 11.6 Å². The molecule has 2 aromatic heterocycles. The minimum atomic E-state index is -0.0778. The fourth-order valence-electron chi connectivity index (χ4n) is 4.49. The number of carbonyl (C=O) groups excluding carboxylic acids is 2. The average Bonchev–Trinajstić information content (AvgIpc) is 3.31. The zero-order valence-corrected chi connectivity index (χ0v) is 21.8. The van der Waals surface area contributed by atoms with Crippen LogP contribution in [-0.4, -0.2) is 65.1 Å². The Hall–Kier alpha value is -4.06. The summed E-state index contributed by atoms with van der Waals surface area (Å²) in [6.07, 6.45) is 7.53. The Morgan fingerprint density at radius 3 is 2.78 bits per heavy atom. The Morgan fingerprint density at radius 2 is 2.03 bits per heavy atom. The van der Waals surface area contributed by atoms with E-state index in [1.165, 1.54) is 0 Å². The lowest BCUT2D eigenvalue weighted by molar-refractivity contribution is -0.129. The summed E-state index contributed by atoms with van der Waals surface area (Å²) in [6, 6.07) is 9.17. The lowest BCUT2D eigenvalue weighted by Crippen LogP contribution is -2.49. The quantitative estimate of drug-likeness (QED) is 0.286. The van der Waals surface area contributed by atoms with Gasteiger partial charge in [-0.2, -0.15) is 0 Å². The number of anilines is 1. The lowest BCUT2D eigenvalue weighted by Gasteiger charge is -2.36. The number of benzene rings is 1. The van der Waals surface area contributed by atoms with Crippen LogP contribution in [0, 0.1) is 6.57 Å². The summed E-state index contributed by atoms with van der Waals surface area (Å²) in [7, 11) is 3.47. The highest BCUT2D eigenvalue weighted by atomic mass is 16.5. The van der Waals surface area contributed by atoms with E-state index in [1.54, 1.807) is 36.2 Å². The lowest BCUT2D eigenvalue weighted by atomic mass is 10.1. The maximum absolute atomic E-state index is 13.5. The summed E-state index contributed by atoms with van der Waals surface area (Å²) >= 11 is 0. The molecule has 194 valence electrons. The molecule has 1 saturated heterocycles. The molecule has 9 heteroatoms. The second kappa shape index (κ2) is 11.8. The zero-order valence-electron chi connectivity index (χ0n) is 21.8. The third-order valence-corrected chi connectivity index (χ3v) is 6.61. The summed E-state index contributed by atoms with van der Waals surface area (Å²) in [5, 5.41) is 0.933. The first-order chi connectivity index (χ1) is 17.9. The smallest absolute Gasteiger partial charge is 0.324 e. The van der Waals surface area contributed by atoms with Gasteiger partial charge in [0, 0.05) is 57.2 Å². The van der Waals surface area contributed by atoms with E-state index in [1.807, 2.05) is 39.9 Å². The van der Waals surface area contributed by atoms with Crippen LogP contribution in [-0.2, 0) is 17.9 Å². The summed E-state index contributed by atoms with van der Waals surface area (Å²) in [6.45, 7) is 12.1.